The molecule has 18 heavy (non-hydrogen) atoms. The Hall–Kier alpha value is -0.870. The summed E-state index contributed by atoms with van der Waals surface area (Å²) in [6.45, 7) is 1.43. The summed E-state index contributed by atoms with van der Waals surface area (Å²) in [6.07, 6.45) is 2.71. The molecule has 0 saturated carbocycles. The quantitative estimate of drug-likeness (QED) is 0.855. The van der Waals surface area contributed by atoms with Crippen LogP contribution in [0.1, 0.15) is 24.8 Å². The highest BCUT2D eigenvalue weighted by Crippen LogP contribution is 2.19. The highest BCUT2D eigenvalue weighted by molar-refractivity contribution is 9.10. The van der Waals surface area contributed by atoms with Crippen LogP contribution in [0.5, 0.6) is 0 Å². The van der Waals surface area contributed by atoms with Gasteiger partial charge in [-0.1, -0.05) is 34.1 Å². The van der Waals surface area contributed by atoms with Crippen LogP contribution in [0.3, 0.4) is 0 Å². The zero-order valence-electron chi connectivity index (χ0n) is 10.6. The van der Waals surface area contributed by atoms with Crippen LogP contribution in [-0.2, 0) is 16.1 Å². The van der Waals surface area contributed by atoms with Crippen LogP contribution in [0.4, 0.5) is 0 Å². The first-order valence-corrected chi connectivity index (χ1v) is 7.05. The minimum atomic E-state index is 0.124. The standard InChI is InChI=1S/C14H18BrNO2/c1-16(10-11-5-2-3-7-13(11)15)14(17)9-12-6-4-8-18-12/h2-3,5,7,12H,4,6,8-10H2,1H3. The molecule has 4 heteroatoms. The maximum Gasteiger partial charge on any atom is 0.225 e. The van der Waals surface area contributed by atoms with E-state index in [0.29, 0.717) is 13.0 Å². The topological polar surface area (TPSA) is 29.5 Å². The van der Waals surface area contributed by atoms with Gasteiger partial charge in [0.15, 0.2) is 0 Å². The average Bonchev–Trinajstić information content (AvgIpc) is 2.84. The molecule has 1 aromatic rings. The minimum Gasteiger partial charge on any atom is -0.378 e. The van der Waals surface area contributed by atoms with Gasteiger partial charge in [0.1, 0.15) is 0 Å². The monoisotopic (exact) mass is 311 g/mol. The molecule has 0 N–H and O–H groups in total. The van der Waals surface area contributed by atoms with Crippen molar-refractivity contribution in [2.45, 2.75) is 31.9 Å². The number of amides is 1. The summed E-state index contributed by atoms with van der Waals surface area (Å²) in [6, 6.07) is 7.98. The van der Waals surface area contributed by atoms with Crippen LogP contribution >= 0.6 is 15.9 Å². The number of carbonyl (C=O) groups excluding carboxylic acids is 1. The molecule has 1 aliphatic rings. The van der Waals surface area contributed by atoms with E-state index in [9.17, 15) is 4.79 Å². The molecule has 2 rings (SSSR count). The predicted molar refractivity (Wildman–Crippen MR) is 74.2 cm³/mol. The van der Waals surface area contributed by atoms with Gasteiger partial charge < -0.3 is 9.64 Å². The van der Waals surface area contributed by atoms with Crippen molar-refractivity contribution >= 4 is 21.8 Å². The van der Waals surface area contributed by atoms with Gasteiger partial charge in [0.05, 0.1) is 12.5 Å². The van der Waals surface area contributed by atoms with Gasteiger partial charge in [0, 0.05) is 24.7 Å². The fourth-order valence-corrected chi connectivity index (χ4v) is 2.54. The van der Waals surface area contributed by atoms with Crippen LogP contribution in [-0.4, -0.2) is 30.6 Å². The van der Waals surface area contributed by atoms with Crippen molar-refractivity contribution in [2.75, 3.05) is 13.7 Å². The van der Waals surface area contributed by atoms with Crippen molar-refractivity contribution in [1.29, 1.82) is 0 Å². The lowest BCUT2D eigenvalue weighted by atomic mass is 10.1. The SMILES string of the molecule is CN(Cc1ccccc1Br)C(=O)CC1CCCO1. The highest BCUT2D eigenvalue weighted by atomic mass is 79.9. The Kier molecular flexibility index (Phi) is 4.78. The zero-order chi connectivity index (χ0) is 13.0. The van der Waals surface area contributed by atoms with E-state index >= 15 is 0 Å². The molecule has 0 aromatic heterocycles. The zero-order valence-corrected chi connectivity index (χ0v) is 12.1. The summed E-state index contributed by atoms with van der Waals surface area (Å²) in [5, 5.41) is 0. The van der Waals surface area contributed by atoms with Crippen molar-refractivity contribution in [3.8, 4) is 0 Å². The largest absolute Gasteiger partial charge is 0.378 e. The average molecular weight is 312 g/mol. The second-order valence-electron chi connectivity index (χ2n) is 4.68. The Morgan fingerprint density at radius 3 is 2.94 bits per heavy atom. The number of carbonyl (C=O) groups is 1. The number of hydrogen-bond acceptors (Lipinski definition) is 2. The number of rotatable bonds is 4. The van der Waals surface area contributed by atoms with Crippen LogP contribution in [0.2, 0.25) is 0 Å². The number of halogens is 1. The minimum absolute atomic E-state index is 0.124. The first kappa shape index (κ1) is 13.6. The van der Waals surface area contributed by atoms with Crippen molar-refractivity contribution in [1.82, 2.24) is 4.90 Å². The molecule has 1 amide bonds. The maximum absolute atomic E-state index is 12.0. The lowest BCUT2D eigenvalue weighted by Crippen LogP contribution is -2.29. The molecule has 0 bridgehead atoms. The Morgan fingerprint density at radius 2 is 2.28 bits per heavy atom. The third-order valence-electron chi connectivity index (χ3n) is 3.22. The molecule has 1 saturated heterocycles. The van der Waals surface area contributed by atoms with E-state index in [-0.39, 0.29) is 12.0 Å². The Labute approximate surface area is 116 Å². The fraction of sp³-hybridized carbons (Fsp3) is 0.500. The van der Waals surface area contributed by atoms with Crippen molar-refractivity contribution in [3.63, 3.8) is 0 Å². The molecule has 1 atom stereocenters. The summed E-state index contributed by atoms with van der Waals surface area (Å²) in [5.41, 5.74) is 1.13. The number of nitrogens with zero attached hydrogens (tertiary/aromatic N) is 1. The van der Waals surface area contributed by atoms with Gasteiger partial charge in [-0.3, -0.25) is 4.79 Å². The van der Waals surface area contributed by atoms with Gasteiger partial charge >= 0.3 is 0 Å². The summed E-state index contributed by atoms with van der Waals surface area (Å²) in [7, 11) is 1.84. The van der Waals surface area contributed by atoms with Crippen LogP contribution in [0.25, 0.3) is 0 Å². The summed E-state index contributed by atoms with van der Waals surface area (Å²) >= 11 is 3.50. The summed E-state index contributed by atoms with van der Waals surface area (Å²) in [5.74, 6) is 0.151. The molecule has 1 unspecified atom stereocenters. The molecule has 1 fully saturated rings. The van der Waals surface area contributed by atoms with Crippen LogP contribution in [0.15, 0.2) is 28.7 Å². The first-order valence-electron chi connectivity index (χ1n) is 6.26. The molecule has 3 nitrogen and oxygen atoms in total. The summed E-state index contributed by atoms with van der Waals surface area (Å²) in [4.78, 5) is 13.8. The van der Waals surface area contributed by atoms with Gasteiger partial charge in [-0.05, 0) is 24.5 Å². The van der Waals surface area contributed by atoms with E-state index in [0.717, 1.165) is 29.5 Å². The molecule has 1 aliphatic heterocycles. The molecule has 1 heterocycles. The van der Waals surface area contributed by atoms with E-state index in [1.807, 2.05) is 31.3 Å². The van der Waals surface area contributed by atoms with Gasteiger partial charge in [-0.2, -0.15) is 0 Å². The Morgan fingerprint density at radius 1 is 1.50 bits per heavy atom. The van der Waals surface area contributed by atoms with Crippen molar-refractivity contribution in [2.24, 2.45) is 0 Å². The van der Waals surface area contributed by atoms with Crippen LogP contribution < -0.4 is 0 Å². The van der Waals surface area contributed by atoms with E-state index in [4.69, 9.17) is 4.74 Å². The van der Waals surface area contributed by atoms with E-state index < -0.39 is 0 Å². The maximum atomic E-state index is 12.0. The van der Waals surface area contributed by atoms with Gasteiger partial charge in [0.25, 0.3) is 0 Å². The normalized spacial score (nSPS) is 18.9. The van der Waals surface area contributed by atoms with E-state index in [2.05, 4.69) is 15.9 Å². The Bertz CT molecular complexity index is 416. The first-order chi connectivity index (χ1) is 8.66. The summed E-state index contributed by atoms with van der Waals surface area (Å²) < 4.78 is 6.53. The molecule has 0 radical (unpaired) electrons. The molecule has 0 spiro atoms. The van der Waals surface area contributed by atoms with E-state index in [1.54, 1.807) is 4.90 Å². The van der Waals surface area contributed by atoms with Crippen molar-refractivity contribution in [3.05, 3.63) is 34.3 Å². The molecule has 0 aliphatic carbocycles. The second kappa shape index (κ2) is 6.34. The molecule has 1 aromatic carbocycles. The lowest BCUT2D eigenvalue weighted by molar-refractivity contribution is -0.132. The Balaban J connectivity index is 1.89. The van der Waals surface area contributed by atoms with Crippen LogP contribution in [0, 0.1) is 0 Å². The van der Waals surface area contributed by atoms with Gasteiger partial charge in [-0.15, -0.1) is 0 Å². The smallest absolute Gasteiger partial charge is 0.225 e. The molecular formula is C14H18BrNO2. The van der Waals surface area contributed by atoms with E-state index in [1.165, 1.54) is 0 Å². The third-order valence-corrected chi connectivity index (χ3v) is 3.99. The van der Waals surface area contributed by atoms with Crippen molar-refractivity contribution < 1.29 is 9.53 Å². The predicted octanol–water partition coefficient (Wildman–Crippen LogP) is 2.98. The molecule has 98 valence electrons. The second-order valence-corrected chi connectivity index (χ2v) is 5.53. The number of benzene rings is 1. The van der Waals surface area contributed by atoms with Gasteiger partial charge in [0.2, 0.25) is 5.91 Å². The third kappa shape index (κ3) is 3.56. The highest BCUT2D eigenvalue weighted by Gasteiger charge is 2.21. The van der Waals surface area contributed by atoms with Gasteiger partial charge in [-0.25, -0.2) is 0 Å². The number of ether oxygens (including phenoxy) is 1. The fourth-order valence-electron chi connectivity index (χ4n) is 2.13. The lowest BCUT2D eigenvalue weighted by Gasteiger charge is -2.19. The number of hydrogen-bond donors (Lipinski definition) is 0. The molecular weight excluding hydrogens is 294 g/mol.